The third-order valence-corrected chi connectivity index (χ3v) is 3.71. The molecule has 4 nitrogen and oxygen atoms in total. The highest BCUT2D eigenvalue weighted by molar-refractivity contribution is 5.70. The number of carboxylic acid groups (broad SMARTS) is 1. The standard InChI is InChI=1S/C18H12F3NO3/c19-12-7-10(13-2-1-3-15(20)17(13)21)6-11(8-12)14(9-16(23)24)18-22-4-5-25-18/h1-8,14H,9H2,(H,23,24). The van der Waals surface area contributed by atoms with Crippen LogP contribution < -0.4 is 0 Å². The molecule has 0 aliphatic carbocycles. The lowest BCUT2D eigenvalue weighted by atomic mass is 9.92. The van der Waals surface area contributed by atoms with Crippen molar-refractivity contribution in [1.82, 2.24) is 4.98 Å². The Labute approximate surface area is 140 Å². The fourth-order valence-corrected chi connectivity index (χ4v) is 2.62. The fourth-order valence-electron chi connectivity index (χ4n) is 2.62. The van der Waals surface area contributed by atoms with Crippen molar-refractivity contribution in [3.63, 3.8) is 0 Å². The third kappa shape index (κ3) is 3.55. The zero-order valence-electron chi connectivity index (χ0n) is 12.7. The zero-order chi connectivity index (χ0) is 18.0. The van der Waals surface area contributed by atoms with Gasteiger partial charge in [0.05, 0.1) is 18.5 Å². The van der Waals surface area contributed by atoms with E-state index in [0.29, 0.717) is 0 Å². The van der Waals surface area contributed by atoms with Crippen LogP contribution >= 0.6 is 0 Å². The molecule has 0 saturated carbocycles. The van der Waals surface area contributed by atoms with Crippen LogP contribution in [-0.2, 0) is 4.79 Å². The molecular weight excluding hydrogens is 335 g/mol. The summed E-state index contributed by atoms with van der Waals surface area (Å²) in [5.74, 6) is -4.77. The number of oxazole rings is 1. The van der Waals surface area contributed by atoms with Gasteiger partial charge >= 0.3 is 5.97 Å². The third-order valence-electron chi connectivity index (χ3n) is 3.71. The van der Waals surface area contributed by atoms with Crippen molar-refractivity contribution in [2.75, 3.05) is 0 Å². The first kappa shape index (κ1) is 16.8. The molecule has 7 heteroatoms. The van der Waals surface area contributed by atoms with Gasteiger partial charge in [-0.05, 0) is 29.3 Å². The minimum Gasteiger partial charge on any atom is -0.481 e. The molecule has 0 aliphatic rings. The lowest BCUT2D eigenvalue weighted by Crippen LogP contribution is -2.09. The average molecular weight is 347 g/mol. The first-order valence-electron chi connectivity index (χ1n) is 7.31. The Bertz CT molecular complexity index is 910. The minimum atomic E-state index is -1.13. The second kappa shape index (κ2) is 6.80. The van der Waals surface area contributed by atoms with E-state index in [2.05, 4.69) is 4.98 Å². The summed E-state index contributed by atoms with van der Waals surface area (Å²) in [4.78, 5) is 15.1. The predicted molar refractivity (Wildman–Crippen MR) is 82.4 cm³/mol. The first-order valence-corrected chi connectivity index (χ1v) is 7.31. The van der Waals surface area contributed by atoms with E-state index >= 15 is 0 Å². The zero-order valence-corrected chi connectivity index (χ0v) is 12.7. The van der Waals surface area contributed by atoms with Crippen LogP contribution in [-0.4, -0.2) is 16.1 Å². The van der Waals surface area contributed by atoms with Crippen LogP contribution in [0.5, 0.6) is 0 Å². The summed E-state index contributed by atoms with van der Waals surface area (Å²) in [6.45, 7) is 0. The molecule has 0 spiro atoms. The van der Waals surface area contributed by atoms with Crippen LogP contribution in [0.15, 0.2) is 53.3 Å². The number of benzene rings is 2. The molecule has 128 valence electrons. The number of halogens is 3. The number of carbonyl (C=O) groups is 1. The minimum absolute atomic E-state index is 0.0916. The van der Waals surface area contributed by atoms with Crippen LogP contribution in [0.4, 0.5) is 13.2 Å². The van der Waals surface area contributed by atoms with Crippen molar-refractivity contribution >= 4 is 5.97 Å². The second-order valence-electron chi connectivity index (χ2n) is 5.40. The Hall–Kier alpha value is -3.09. The molecule has 1 heterocycles. The van der Waals surface area contributed by atoms with E-state index in [4.69, 9.17) is 9.52 Å². The Balaban J connectivity index is 2.12. The van der Waals surface area contributed by atoms with E-state index in [1.54, 1.807) is 0 Å². The lowest BCUT2D eigenvalue weighted by Gasteiger charge is -2.14. The molecule has 0 aliphatic heterocycles. The number of aliphatic carboxylic acids is 1. The fraction of sp³-hybridized carbons (Fsp3) is 0.111. The highest BCUT2D eigenvalue weighted by Crippen LogP contribution is 2.32. The van der Waals surface area contributed by atoms with Gasteiger partial charge in [-0.25, -0.2) is 18.2 Å². The topological polar surface area (TPSA) is 63.3 Å². The normalized spacial score (nSPS) is 12.1. The molecule has 25 heavy (non-hydrogen) atoms. The van der Waals surface area contributed by atoms with E-state index in [1.807, 2.05) is 0 Å². The Morgan fingerprint density at radius 1 is 1.20 bits per heavy atom. The summed E-state index contributed by atoms with van der Waals surface area (Å²) in [7, 11) is 0. The van der Waals surface area contributed by atoms with Crippen molar-refractivity contribution in [3.8, 4) is 11.1 Å². The number of aromatic nitrogens is 1. The van der Waals surface area contributed by atoms with Gasteiger partial charge in [0.15, 0.2) is 11.6 Å². The summed E-state index contributed by atoms with van der Waals surface area (Å²) in [6.07, 6.45) is 2.22. The molecule has 2 aromatic carbocycles. The van der Waals surface area contributed by atoms with Crippen LogP contribution in [0.2, 0.25) is 0 Å². The van der Waals surface area contributed by atoms with Gasteiger partial charge < -0.3 is 9.52 Å². The quantitative estimate of drug-likeness (QED) is 0.745. The van der Waals surface area contributed by atoms with Gasteiger partial charge in [0.25, 0.3) is 0 Å². The molecule has 1 N–H and O–H groups in total. The second-order valence-corrected chi connectivity index (χ2v) is 5.40. The highest BCUT2D eigenvalue weighted by Gasteiger charge is 2.24. The maximum absolute atomic E-state index is 14.1. The number of nitrogens with zero attached hydrogens (tertiary/aromatic N) is 1. The number of hydrogen-bond donors (Lipinski definition) is 1. The maximum Gasteiger partial charge on any atom is 0.304 e. The number of rotatable bonds is 5. The van der Waals surface area contributed by atoms with E-state index < -0.39 is 35.8 Å². The van der Waals surface area contributed by atoms with Crippen LogP contribution in [0, 0.1) is 17.5 Å². The summed E-state index contributed by atoms with van der Waals surface area (Å²) >= 11 is 0. The van der Waals surface area contributed by atoms with Crippen molar-refractivity contribution in [2.24, 2.45) is 0 Å². The molecule has 0 fully saturated rings. The van der Waals surface area contributed by atoms with Crippen molar-refractivity contribution in [3.05, 3.63) is 77.8 Å². The number of carboxylic acids is 1. The van der Waals surface area contributed by atoms with Crippen LogP contribution in [0.1, 0.15) is 23.8 Å². The van der Waals surface area contributed by atoms with Gasteiger partial charge in [-0.3, -0.25) is 4.79 Å². The van der Waals surface area contributed by atoms with E-state index in [1.165, 1.54) is 30.7 Å². The SMILES string of the molecule is O=C(O)CC(c1cc(F)cc(-c2cccc(F)c2F)c1)c1ncco1. The smallest absolute Gasteiger partial charge is 0.304 e. The summed E-state index contributed by atoms with van der Waals surface area (Å²) in [5, 5.41) is 9.11. The molecular formula is C18H12F3NO3. The monoisotopic (exact) mass is 347 g/mol. The summed E-state index contributed by atoms with van der Waals surface area (Å²) in [5.41, 5.74) is 0.208. The molecule has 0 radical (unpaired) electrons. The summed E-state index contributed by atoms with van der Waals surface area (Å²) in [6, 6.07) is 7.15. The molecule has 1 atom stereocenters. The molecule has 3 rings (SSSR count). The number of hydrogen-bond acceptors (Lipinski definition) is 3. The molecule has 1 unspecified atom stereocenters. The van der Waals surface area contributed by atoms with Crippen molar-refractivity contribution in [2.45, 2.75) is 12.3 Å². The molecule has 0 saturated heterocycles. The van der Waals surface area contributed by atoms with E-state index in [9.17, 15) is 18.0 Å². The predicted octanol–water partition coefficient (Wildman–Crippen LogP) is 4.37. The van der Waals surface area contributed by atoms with Gasteiger partial charge in [-0.15, -0.1) is 0 Å². The molecule has 1 aromatic heterocycles. The van der Waals surface area contributed by atoms with Crippen LogP contribution in [0.25, 0.3) is 11.1 Å². The van der Waals surface area contributed by atoms with Crippen molar-refractivity contribution < 1.29 is 27.5 Å². The van der Waals surface area contributed by atoms with Crippen molar-refractivity contribution in [1.29, 1.82) is 0 Å². The van der Waals surface area contributed by atoms with Gasteiger partial charge in [0, 0.05) is 5.56 Å². The van der Waals surface area contributed by atoms with Gasteiger partial charge in [0.2, 0.25) is 5.89 Å². The maximum atomic E-state index is 14.1. The lowest BCUT2D eigenvalue weighted by molar-refractivity contribution is -0.137. The van der Waals surface area contributed by atoms with E-state index in [0.717, 1.165) is 18.2 Å². The molecule has 0 amide bonds. The summed E-state index contributed by atoms with van der Waals surface area (Å²) < 4.78 is 46.7. The first-order chi connectivity index (χ1) is 12.0. The molecule has 3 aromatic rings. The van der Waals surface area contributed by atoms with Gasteiger partial charge in [-0.1, -0.05) is 18.2 Å². The van der Waals surface area contributed by atoms with Gasteiger partial charge in [0.1, 0.15) is 12.1 Å². The van der Waals surface area contributed by atoms with Crippen LogP contribution in [0.3, 0.4) is 0 Å². The highest BCUT2D eigenvalue weighted by atomic mass is 19.2. The largest absolute Gasteiger partial charge is 0.481 e. The molecule has 0 bridgehead atoms. The Morgan fingerprint density at radius 2 is 2.00 bits per heavy atom. The van der Waals surface area contributed by atoms with E-state index in [-0.39, 0.29) is 22.6 Å². The Kier molecular flexibility index (Phi) is 4.56. The van der Waals surface area contributed by atoms with Gasteiger partial charge in [-0.2, -0.15) is 0 Å². The average Bonchev–Trinajstić information content (AvgIpc) is 3.08. The Morgan fingerprint density at radius 3 is 2.68 bits per heavy atom.